The summed E-state index contributed by atoms with van der Waals surface area (Å²) in [6, 6.07) is 3.86. The van der Waals surface area contributed by atoms with Crippen LogP contribution < -0.4 is 0 Å². The molecule has 0 bridgehead atoms. The zero-order chi connectivity index (χ0) is 14.9. The highest BCUT2D eigenvalue weighted by atomic mass is 35.5. The van der Waals surface area contributed by atoms with Gasteiger partial charge < -0.3 is 10.0 Å². The summed E-state index contributed by atoms with van der Waals surface area (Å²) in [5.41, 5.74) is 0. The lowest BCUT2D eigenvalue weighted by molar-refractivity contribution is -0.143. The van der Waals surface area contributed by atoms with Crippen LogP contribution in [0.3, 0.4) is 0 Å². The molecule has 4 nitrogen and oxygen atoms in total. The van der Waals surface area contributed by atoms with Gasteiger partial charge in [-0.3, -0.25) is 9.59 Å². The van der Waals surface area contributed by atoms with Gasteiger partial charge in [0, 0.05) is 17.5 Å². The SMILES string of the molecule is CC(CN(C(=O)C(C)c1ccc(Cl)s1)C1CC1)C(=O)O. The zero-order valence-corrected chi connectivity index (χ0v) is 13.1. The number of nitrogens with zero attached hydrogens (tertiary/aromatic N) is 1. The van der Waals surface area contributed by atoms with Crippen LogP contribution in [0.2, 0.25) is 4.34 Å². The molecule has 0 aliphatic heterocycles. The second kappa shape index (κ2) is 6.14. The molecule has 0 radical (unpaired) electrons. The average Bonchev–Trinajstić information content (AvgIpc) is 3.15. The molecule has 0 saturated heterocycles. The normalized spacial score (nSPS) is 17.6. The molecule has 1 N–H and O–H groups in total. The standard InChI is InChI=1S/C14H18ClNO3S/c1-8(14(18)19)7-16(10-3-4-10)13(17)9(2)11-5-6-12(15)20-11/h5-6,8-10H,3-4,7H2,1-2H3,(H,18,19). The van der Waals surface area contributed by atoms with Gasteiger partial charge in [0.05, 0.1) is 16.2 Å². The van der Waals surface area contributed by atoms with Crippen LogP contribution in [0.25, 0.3) is 0 Å². The van der Waals surface area contributed by atoms with E-state index in [-0.39, 0.29) is 24.4 Å². The topological polar surface area (TPSA) is 57.6 Å². The maximum Gasteiger partial charge on any atom is 0.308 e. The van der Waals surface area contributed by atoms with E-state index in [4.69, 9.17) is 16.7 Å². The predicted molar refractivity (Wildman–Crippen MR) is 79.3 cm³/mol. The van der Waals surface area contributed by atoms with Crippen molar-refractivity contribution >= 4 is 34.8 Å². The Hall–Kier alpha value is -1.07. The molecule has 1 aliphatic carbocycles. The molecule has 2 rings (SSSR count). The lowest BCUT2D eigenvalue weighted by Gasteiger charge is -2.27. The van der Waals surface area contributed by atoms with Gasteiger partial charge in [0.15, 0.2) is 0 Å². The smallest absolute Gasteiger partial charge is 0.308 e. The lowest BCUT2D eigenvalue weighted by atomic mass is 10.1. The Kier molecular flexibility index (Phi) is 4.70. The number of carboxylic acids is 1. The van der Waals surface area contributed by atoms with Gasteiger partial charge in [-0.1, -0.05) is 18.5 Å². The third-order valence-corrected chi connectivity index (χ3v) is 4.97. The van der Waals surface area contributed by atoms with Gasteiger partial charge in [-0.05, 0) is 31.9 Å². The first-order valence-electron chi connectivity index (χ1n) is 6.68. The van der Waals surface area contributed by atoms with Crippen molar-refractivity contribution in [2.45, 2.75) is 38.6 Å². The molecule has 0 spiro atoms. The summed E-state index contributed by atoms with van der Waals surface area (Å²) in [6.45, 7) is 3.77. The first-order valence-corrected chi connectivity index (χ1v) is 7.88. The molecule has 1 saturated carbocycles. The van der Waals surface area contributed by atoms with E-state index in [1.54, 1.807) is 17.9 Å². The number of carbonyl (C=O) groups excluding carboxylic acids is 1. The van der Waals surface area contributed by atoms with Gasteiger partial charge in [0.25, 0.3) is 0 Å². The summed E-state index contributed by atoms with van der Waals surface area (Å²) in [5, 5.41) is 9.02. The van der Waals surface area contributed by atoms with Crippen molar-refractivity contribution in [1.82, 2.24) is 4.90 Å². The molecule has 1 fully saturated rings. The number of carbonyl (C=O) groups is 2. The molecule has 20 heavy (non-hydrogen) atoms. The van der Waals surface area contributed by atoms with E-state index in [1.165, 1.54) is 11.3 Å². The largest absolute Gasteiger partial charge is 0.481 e. The van der Waals surface area contributed by atoms with Crippen LogP contribution in [0.4, 0.5) is 0 Å². The van der Waals surface area contributed by atoms with Crippen LogP contribution in [-0.2, 0) is 9.59 Å². The maximum atomic E-state index is 12.6. The minimum absolute atomic E-state index is 0.000818. The van der Waals surface area contributed by atoms with Gasteiger partial charge in [0.1, 0.15) is 0 Å². The van der Waals surface area contributed by atoms with Crippen molar-refractivity contribution < 1.29 is 14.7 Å². The van der Waals surface area contributed by atoms with Crippen LogP contribution >= 0.6 is 22.9 Å². The van der Waals surface area contributed by atoms with Crippen LogP contribution in [-0.4, -0.2) is 34.5 Å². The number of hydrogen-bond donors (Lipinski definition) is 1. The molecule has 2 unspecified atom stereocenters. The second-order valence-corrected chi connectivity index (χ2v) is 7.07. The van der Waals surface area contributed by atoms with Crippen molar-refractivity contribution in [3.05, 3.63) is 21.3 Å². The molecule has 2 atom stereocenters. The molecule has 1 aromatic heterocycles. The molecule has 0 aromatic carbocycles. The van der Waals surface area contributed by atoms with E-state index in [0.29, 0.717) is 4.34 Å². The zero-order valence-electron chi connectivity index (χ0n) is 11.5. The van der Waals surface area contributed by atoms with Crippen molar-refractivity contribution in [3.8, 4) is 0 Å². The number of halogens is 1. The van der Waals surface area contributed by atoms with E-state index in [1.807, 2.05) is 13.0 Å². The predicted octanol–water partition coefficient (Wildman–Crippen LogP) is 3.22. The molecule has 110 valence electrons. The molecule has 1 amide bonds. The van der Waals surface area contributed by atoms with Crippen LogP contribution in [0.5, 0.6) is 0 Å². The number of aliphatic carboxylic acids is 1. The van der Waals surface area contributed by atoms with Gasteiger partial charge in [-0.15, -0.1) is 11.3 Å². The molecule has 1 aliphatic rings. The molecule has 6 heteroatoms. The summed E-state index contributed by atoms with van der Waals surface area (Å²) >= 11 is 7.31. The van der Waals surface area contributed by atoms with Crippen molar-refractivity contribution in [3.63, 3.8) is 0 Å². The van der Waals surface area contributed by atoms with E-state index in [2.05, 4.69) is 0 Å². The third-order valence-electron chi connectivity index (χ3n) is 3.55. The number of carboxylic acid groups (broad SMARTS) is 1. The fourth-order valence-electron chi connectivity index (χ4n) is 2.11. The summed E-state index contributed by atoms with van der Waals surface area (Å²) in [4.78, 5) is 26.2. The average molecular weight is 316 g/mol. The Labute approximate surface area is 127 Å². The van der Waals surface area contributed by atoms with Gasteiger partial charge in [0.2, 0.25) is 5.91 Å². The highest BCUT2D eigenvalue weighted by Crippen LogP contribution is 2.34. The summed E-state index contributed by atoms with van der Waals surface area (Å²) in [6.07, 6.45) is 1.94. The fraction of sp³-hybridized carbons (Fsp3) is 0.571. The highest BCUT2D eigenvalue weighted by molar-refractivity contribution is 7.16. The minimum atomic E-state index is -0.865. The number of amides is 1. The van der Waals surface area contributed by atoms with E-state index >= 15 is 0 Å². The van der Waals surface area contributed by atoms with Crippen LogP contribution in [0, 0.1) is 5.92 Å². The monoisotopic (exact) mass is 315 g/mol. The van der Waals surface area contributed by atoms with Crippen LogP contribution in [0.15, 0.2) is 12.1 Å². The van der Waals surface area contributed by atoms with E-state index in [9.17, 15) is 9.59 Å². The highest BCUT2D eigenvalue weighted by Gasteiger charge is 2.36. The Bertz CT molecular complexity index is 512. The van der Waals surface area contributed by atoms with E-state index in [0.717, 1.165) is 17.7 Å². The molecular weight excluding hydrogens is 298 g/mol. The van der Waals surface area contributed by atoms with Crippen LogP contribution in [0.1, 0.15) is 37.5 Å². The first-order chi connectivity index (χ1) is 9.40. The van der Waals surface area contributed by atoms with Gasteiger partial charge in [-0.25, -0.2) is 0 Å². The quantitative estimate of drug-likeness (QED) is 0.877. The lowest BCUT2D eigenvalue weighted by Crippen LogP contribution is -2.40. The fourth-order valence-corrected chi connectivity index (χ4v) is 3.21. The van der Waals surface area contributed by atoms with Crippen molar-refractivity contribution in [2.75, 3.05) is 6.54 Å². The van der Waals surface area contributed by atoms with Crippen molar-refractivity contribution in [1.29, 1.82) is 0 Å². The first kappa shape index (κ1) is 15.3. The van der Waals surface area contributed by atoms with Crippen molar-refractivity contribution in [2.24, 2.45) is 5.92 Å². The summed E-state index contributed by atoms with van der Waals surface area (Å²) in [7, 11) is 0. The Morgan fingerprint density at radius 3 is 2.55 bits per heavy atom. The number of rotatable bonds is 6. The minimum Gasteiger partial charge on any atom is -0.481 e. The number of thiophene rings is 1. The summed E-state index contributed by atoms with van der Waals surface area (Å²) in [5.74, 6) is -1.68. The maximum absolute atomic E-state index is 12.6. The Morgan fingerprint density at radius 2 is 2.10 bits per heavy atom. The Morgan fingerprint density at radius 1 is 1.45 bits per heavy atom. The second-order valence-electron chi connectivity index (χ2n) is 5.32. The molecule has 1 aromatic rings. The third kappa shape index (κ3) is 3.52. The number of hydrogen-bond acceptors (Lipinski definition) is 3. The van der Waals surface area contributed by atoms with E-state index < -0.39 is 11.9 Å². The van der Waals surface area contributed by atoms with Gasteiger partial charge >= 0.3 is 5.97 Å². The molecular formula is C14H18ClNO3S. The molecule has 1 heterocycles. The summed E-state index contributed by atoms with van der Waals surface area (Å²) < 4.78 is 0.663. The van der Waals surface area contributed by atoms with Gasteiger partial charge in [-0.2, -0.15) is 0 Å². The Balaban J connectivity index is 2.08.